The van der Waals surface area contributed by atoms with Crippen LogP contribution in [0, 0.1) is 0 Å². The molecule has 7 nitrogen and oxygen atoms in total. The number of nitrogens with one attached hydrogen (secondary N) is 1. The third-order valence-corrected chi connectivity index (χ3v) is 6.54. The molecule has 1 aliphatic carbocycles. The molecule has 1 heterocycles. The van der Waals surface area contributed by atoms with Crippen molar-refractivity contribution in [3.63, 3.8) is 0 Å². The Hall–Kier alpha value is -2.54. The van der Waals surface area contributed by atoms with Crippen molar-refractivity contribution in [3.8, 4) is 11.5 Å². The molecule has 3 rings (SSSR count). The van der Waals surface area contributed by atoms with Crippen LogP contribution in [-0.2, 0) is 9.59 Å². The van der Waals surface area contributed by atoms with Crippen molar-refractivity contribution in [2.45, 2.75) is 50.6 Å². The maximum absolute atomic E-state index is 12.5. The molecule has 0 bridgehead atoms. The molecular weight excluding hydrogens is 394 g/mol. The first-order valence-electron chi connectivity index (χ1n) is 11.2. The summed E-state index contributed by atoms with van der Waals surface area (Å²) in [5.41, 5.74) is 0.813. The molecule has 0 spiro atoms. The van der Waals surface area contributed by atoms with Gasteiger partial charge in [0.25, 0.3) is 0 Å². The molecule has 1 aliphatic heterocycles. The van der Waals surface area contributed by atoms with Gasteiger partial charge in [0.2, 0.25) is 11.8 Å². The van der Waals surface area contributed by atoms with Crippen molar-refractivity contribution in [1.29, 1.82) is 0 Å². The lowest BCUT2D eigenvalue weighted by Gasteiger charge is -2.39. The number of nitrogens with zero attached hydrogens (tertiary/aromatic N) is 2. The van der Waals surface area contributed by atoms with Crippen LogP contribution in [0.25, 0.3) is 6.08 Å². The lowest BCUT2D eigenvalue weighted by Crippen LogP contribution is -2.49. The van der Waals surface area contributed by atoms with Crippen LogP contribution in [-0.4, -0.2) is 74.6 Å². The van der Waals surface area contributed by atoms with Gasteiger partial charge in [0.15, 0.2) is 11.5 Å². The highest BCUT2D eigenvalue weighted by Crippen LogP contribution is 2.28. The lowest BCUT2D eigenvalue weighted by molar-refractivity contribution is -0.133. The third-order valence-electron chi connectivity index (χ3n) is 6.54. The van der Waals surface area contributed by atoms with Crippen molar-refractivity contribution in [2.75, 3.05) is 40.9 Å². The van der Waals surface area contributed by atoms with E-state index in [9.17, 15) is 9.59 Å². The van der Waals surface area contributed by atoms with Gasteiger partial charge in [0, 0.05) is 31.2 Å². The van der Waals surface area contributed by atoms with Gasteiger partial charge >= 0.3 is 0 Å². The quantitative estimate of drug-likeness (QED) is 0.644. The van der Waals surface area contributed by atoms with Crippen LogP contribution in [0.3, 0.4) is 0 Å². The molecular formula is C24H35N3O4. The summed E-state index contributed by atoms with van der Waals surface area (Å²) in [6, 6.07) is 6.69. The second-order valence-electron chi connectivity index (χ2n) is 8.38. The zero-order valence-electron chi connectivity index (χ0n) is 18.9. The number of hydrogen-bond acceptors (Lipinski definition) is 5. The first-order valence-corrected chi connectivity index (χ1v) is 11.2. The standard InChI is InChI=1S/C24H35N3O4/c1-26(19-6-4-5-7-19)20-12-14-27(15-13-20)24(29)17-25-23(28)11-9-18-8-10-21(30-2)22(16-18)31-3/h8-11,16,19-20H,4-7,12-15,17H2,1-3H3,(H,25,28). The minimum absolute atomic E-state index is 0.0187. The van der Waals surface area contributed by atoms with E-state index in [4.69, 9.17) is 9.47 Å². The maximum atomic E-state index is 12.5. The van der Waals surface area contributed by atoms with Crippen LogP contribution < -0.4 is 14.8 Å². The Morgan fingerprint density at radius 3 is 2.35 bits per heavy atom. The highest BCUT2D eigenvalue weighted by molar-refractivity contribution is 5.94. The van der Waals surface area contributed by atoms with E-state index in [-0.39, 0.29) is 18.4 Å². The summed E-state index contributed by atoms with van der Waals surface area (Å²) in [5.74, 6) is 0.920. The van der Waals surface area contributed by atoms with Crippen molar-refractivity contribution < 1.29 is 19.1 Å². The predicted octanol–water partition coefficient (Wildman–Crippen LogP) is 2.70. The molecule has 2 amide bonds. The molecule has 2 fully saturated rings. The van der Waals surface area contributed by atoms with Crippen molar-refractivity contribution in [3.05, 3.63) is 29.8 Å². The number of likely N-dealkylation sites (tertiary alicyclic amines) is 1. The van der Waals surface area contributed by atoms with Crippen LogP contribution in [0.2, 0.25) is 0 Å². The summed E-state index contributed by atoms with van der Waals surface area (Å²) in [6.45, 7) is 1.55. The van der Waals surface area contributed by atoms with Gasteiger partial charge < -0.3 is 24.6 Å². The minimum atomic E-state index is -0.293. The maximum Gasteiger partial charge on any atom is 0.244 e. The summed E-state index contributed by atoms with van der Waals surface area (Å²) in [5, 5.41) is 2.70. The van der Waals surface area contributed by atoms with E-state index in [1.165, 1.54) is 31.8 Å². The third kappa shape index (κ3) is 6.23. The van der Waals surface area contributed by atoms with E-state index in [1.807, 2.05) is 11.0 Å². The SMILES string of the molecule is COc1ccc(C=CC(=O)NCC(=O)N2CCC(N(C)C3CCCC3)CC2)cc1OC. The van der Waals surface area contributed by atoms with Crippen LogP contribution in [0.5, 0.6) is 11.5 Å². The van der Waals surface area contributed by atoms with E-state index in [0.717, 1.165) is 31.5 Å². The first kappa shape index (κ1) is 23.1. The number of rotatable bonds is 8. The predicted molar refractivity (Wildman–Crippen MR) is 121 cm³/mol. The molecule has 1 aromatic carbocycles. The Bertz CT molecular complexity index is 781. The number of piperidine rings is 1. The number of carbonyl (C=O) groups excluding carboxylic acids is 2. The fraction of sp³-hybridized carbons (Fsp3) is 0.583. The molecule has 1 saturated heterocycles. The molecule has 170 valence electrons. The van der Waals surface area contributed by atoms with Gasteiger partial charge in [-0.25, -0.2) is 0 Å². The van der Waals surface area contributed by atoms with Gasteiger partial charge in [0.05, 0.1) is 20.8 Å². The van der Waals surface area contributed by atoms with Gasteiger partial charge in [-0.15, -0.1) is 0 Å². The zero-order valence-corrected chi connectivity index (χ0v) is 18.9. The molecule has 0 unspecified atom stereocenters. The fourth-order valence-electron chi connectivity index (χ4n) is 4.59. The molecule has 1 aromatic rings. The van der Waals surface area contributed by atoms with E-state index in [2.05, 4.69) is 17.3 Å². The van der Waals surface area contributed by atoms with Crippen LogP contribution >= 0.6 is 0 Å². The highest BCUT2D eigenvalue weighted by atomic mass is 16.5. The van der Waals surface area contributed by atoms with Gasteiger partial charge in [0.1, 0.15) is 0 Å². The molecule has 1 saturated carbocycles. The molecule has 1 N–H and O–H groups in total. The van der Waals surface area contributed by atoms with Gasteiger partial charge in [-0.1, -0.05) is 18.9 Å². The second-order valence-corrected chi connectivity index (χ2v) is 8.38. The van der Waals surface area contributed by atoms with E-state index in [0.29, 0.717) is 23.6 Å². The first-order chi connectivity index (χ1) is 15.0. The fourth-order valence-corrected chi connectivity index (χ4v) is 4.59. The van der Waals surface area contributed by atoms with Gasteiger partial charge in [-0.05, 0) is 56.5 Å². The largest absolute Gasteiger partial charge is 0.493 e. The second kappa shape index (κ2) is 11.2. The number of carbonyl (C=O) groups is 2. The normalized spacial score (nSPS) is 18.0. The number of methoxy groups -OCH3 is 2. The van der Waals surface area contributed by atoms with E-state index in [1.54, 1.807) is 32.4 Å². The van der Waals surface area contributed by atoms with Crippen LogP contribution in [0.1, 0.15) is 44.1 Å². The number of benzene rings is 1. The monoisotopic (exact) mass is 429 g/mol. The Labute approximate surface area is 185 Å². The average Bonchev–Trinajstić information content (AvgIpc) is 3.35. The topological polar surface area (TPSA) is 71.1 Å². The molecule has 0 aromatic heterocycles. The molecule has 7 heteroatoms. The molecule has 2 aliphatic rings. The zero-order chi connectivity index (χ0) is 22.2. The smallest absolute Gasteiger partial charge is 0.244 e. The number of amides is 2. The molecule has 31 heavy (non-hydrogen) atoms. The highest BCUT2D eigenvalue weighted by Gasteiger charge is 2.29. The van der Waals surface area contributed by atoms with E-state index < -0.39 is 0 Å². The van der Waals surface area contributed by atoms with E-state index >= 15 is 0 Å². The number of ether oxygens (including phenoxy) is 2. The molecule has 0 atom stereocenters. The Morgan fingerprint density at radius 2 is 1.71 bits per heavy atom. The Balaban J connectivity index is 1.41. The summed E-state index contributed by atoms with van der Waals surface area (Å²) in [4.78, 5) is 29.1. The van der Waals surface area contributed by atoms with Crippen molar-refractivity contribution in [1.82, 2.24) is 15.1 Å². The molecule has 0 radical (unpaired) electrons. The summed E-state index contributed by atoms with van der Waals surface area (Å²) < 4.78 is 10.5. The van der Waals surface area contributed by atoms with Gasteiger partial charge in [-0.2, -0.15) is 0 Å². The summed E-state index contributed by atoms with van der Waals surface area (Å²) in [7, 11) is 5.39. The lowest BCUT2D eigenvalue weighted by atomic mass is 10.0. The van der Waals surface area contributed by atoms with Crippen LogP contribution in [0.4, 0.5) is 0 Å². The Kier molecular flexibility index (Phi) is 8.35. The average molecular weight is 430 g/mol. The number of hydrogen-bond donors (Lipinski definition) is 1. The van der Waals surface area contributed by atoms with Crippen molar-refractivity contribution >= 4 is 17.9 Å². The van der Waals surface area contributed by atoms with Crippen LogP contribution in [0.15, 0.2) is 24.3 Å². The minimum Gasteiger partial charge on any atom is -0.493 e. The summed E-state index contributed by atoms with van der Waals surface area (Å²) in [6.07, 6.45) is 10.4. The van der Waals surface area contributed by atoms with Crippen molar-refractivity contribution in [2.24, 2.45) is 0 Å². The Morgan fingerprint density at radius 1 is 1.06 bits per heavy atom. The summed E-state index contributed by atoms with van der Waals surface area (Å²) >= 11 is 0. The van der Waals surface area contributed by atoms with Gasteiger partial charge in [-0.3, -0.25) is 9.59 Å².